The van der Waals surface area contributed by atoms with Gasteiger partial charge >= 0.3 is 6.09 Å². The third kappa shape index (κ3) is 3.90. The lowest BCUT2D eigenvalue weighted by atomic mass is 10.3. The molecule has 0 spiro atoms. The number of anilines is 1. The number of amides is 1. The van der Waals surface area contributed by atoms with E-state index < -0.39 is 16.1 Å². The fourth-order valence-corrected chi connectivity index (χ4v) is 2.20. The molecule has 7 nitrogen and oxygen atoms in total. The van der Waals surface area contributed by atoms with Gasteiger partial charge in [0.05, 0.1) is 5.69 Å². The van der Waals surface area contributed by atoms with Gasteiger partial charge in [-0.2, -0.15) is 0 Å². The van der Waals surface area contributed by atoms with Crippen LogP contribution in [0.15, 0.2) is 29.2 Å². The van der Waals surface area contributed by atoms with Crippen molar-refractivity contribution in [2.75, 3.05) is 25.5 Å². The second-order valence-corrected chi connectivity index (χ2v) is 5.15. The molecule has 0 aromatic heterocycles. The lowest BCUT2D eigenvalue weighted by Gasteiger charge is -2.11. The van der Waals surface area contributed by atoms with Gasteiger partial charge in [-0.05, 0) is 19.2 Å². The van der Waals surface area contributed by atoms with Crippen molar-refractivity contribution in [3.8, 4) is 0 Å². The maximum atomic E-state index is 11.7. The number of ether oxygens (including phenoxy) is 1. The molecule has 100 valence electrons. The van der Waals surface area contributed by atoms with Gasteiger partial charge in [-0.15, -0.1) is 0 Å². The summed E-state index contributed by atoms with van der Waals surface area (Å²) in [5.41, 5.74) is 5.23. The van der Waals surface area contributed by atoms with Crippen LogP contribution in [-0.4, -0.2) is 34.7 Å². The molecule has 0 heterocycles. The van der Waals surface area contributed by atoms with E-state index in [1.54, 1.807) is 18.2 Å². The van der Waals surface area contributed by atoms with Crippen molar-refractivity contribution in [1.82, 2.24) is 4.72 Å². The van der Waals surface area contributed by atoms with Gasteiger partial charge in [0.2, 0.25) is 10.0 Å². The minimum Gasteiger partial charge on any atom is -0.448 e. The molecule has 0 aliphatic carbocycles. The molecule has 1 aromatic rings. The normalized spacial score (nSPS) is 10.9. The molecule has 0 radical (unpaired) electrons. The largest absolute Gasteiger partial charge is 0.448 e. The Balaban J connectivity index is 2.75. The standard InChI is InChI=1S/C10H15N3O4S/c1-12-18(15,16)9-5-3-2-4-8(9)13-6-7-17-10(11)14/h2-5,12-13H,6-7H2,1H3,(H2,11,14). The summed E-state index contributed by atoms with van der Waals surface area (Å²) in [6, 6.07) is 6.42. The van der Waals surface area contributed by atoms with Crippen molar-refractivity contribution in [2.45, 2.75) is 4.90 Å². The molecule has 0 fully saturated rings. The number of sulfonamides is 1. The number of nitrogens with one attached hydrogen (secondary N) is 2. The van der Waals surface area contributed by atoms with Crippen molar-refractivity contribution in [1.29, 1.82) is 0 Å². The van der Waals surface area contributed by atoms with E-state index in [-0.39, 0.29) is 18.0 Å². The molecular weight excluding hydrogens is 258 g/mol. The van der Waals surface area contributed by atoms with E-state index in [0.29, 0.717) is 5.69 Å². The molecule has 0 saturated heterocycles. The van der Waals surface area contributed by atoms with Crippen LogP contribution in [0.3, 0.4) is 0 Å². The Morgan fingerprint density at radius 3 is 2.67 bits per heavy atom. The maximum absolute atomic E-state index is 11.7. The summed E-state index contributed by atoms with van der Waals surface area (Å²) in [6.45, 7) is 0.322. The predicted molar refractivity (Wildman–Crippen MR) is 66.7 cm³/mol. The number of nitrogens with two attached hydrogens (primary N) is 1. The van der Waals surface area contributed by atoms with Crippen molar-refractivity contribution in [2.24, 2.45) is 5.73 Å². The van der Waals surface area contributed by atoms with E-state index in [1.807, 2.05) is 0 Å². The van der Waals surface area contributed by atoms with Crippen LogP contribution in [0.25, 0.3) is 0 Å². The number of benzene rings is 1. The number of carbonyl (C=O) groups excluding carboxylic acids is 1. The van der Waals surface area contributed by atoms with Crippen LogP contribution >= 0.6 is 0 Å². The fourth-order valence-electron chi connectivity index (χ4n) is 1.29. The number of para-hydroxylation sites is 1. The highest BCUT2D eigenvalue weighted by atomic mass is 32.2. The summed E-state index contributed by atoms with van der Waals surface area (Å²) in [5, 5.41) is 2.86. The van der Waals surface area contributed by atoms with Crippen molar-refractivity contribution < 1.29 is 17.9 Å². The quantitative estimate of drug-likeness (QED) is 0.637. The highest BCUT2D eigenvalue weighted by Crippen LogP contribution is 2.19. The zero-order valence-electron chi connectivity index (χ0n) is 9.84. The molecule has 0 atom stereocenters. The monoisotopic (exact) mass is 273 g/mol. The first-order valence-electron chi connectivity index (χ1n) is 5.16. The van der Waals surface area contributed by atoms with Gasteiger partial charge in [-0.25, -0.2) is 17.9 Å². The van der Waals surface area contributed by atoms with Gasteiger partial charge in [0.15, 0.2) is 0 Å². The molecular formula is C10H15N3O4S. The fraction of sp³-hybridized carbons (Fsp3) is 0.300. The Morgan fingerprint density at radius 2 is 2.06 bits per heavy atom. The SMILES string of the molecule is CNS(=O)(=O)c1ccccc1NCCOC(N)=O. The van der Waals surface area contributed by atoms with Gasteiger partial charge in [0.25, 0.3) is 0 Å². The summed E-state index contributed by atoms with van der Waals surface area (Å²) >= 11 is 0. The highest BCUT2D eigenvalue weighted by molar-refractivity contribution is 7.89. The lowest BCUT2D eigenvalue weighted by molar-refractivity contribution is 0.161. The van der Waals surface area contributed by atoms with E-state index >= 15 is 0 Å². The Hall–Kier alpha value is -1.80. The molecule has 0 unspecified atom stereocenters. The number of carbonyl (C=O) groups is 1. The zero-order chi connectivity index (χ0) is 13.6. The second-order valence-electron chi connectivity index (χ2n) is 3.30. The van der Waals surface area contributed by atoms with Crippen LogP contribution in [0.5, 0.6) is 0 Å². The average molecular weight is 273 g/mol. The van der Waals surface area contributed by atoms with Crippen molar-refractivity contribution >= 4 is 21.8 Å². The Kier molecular flexibility index (Phi) is 4.93. The Bertz CT molecular complexity index is 516. The minimum atomic E-state index is -3.53. The van der Waals surface area contributed by atoms with Gasteiger partial charge in [0.1, 0.15) is 11.5 Å². The summed E-state index contributed by atoms with van der Waals surface area (Å²) in [4.78, 5) is 10.5. The van der Waals surface area contributed by atoms with Crippen LogP contribution in [0.2, 0.25) is 0 Å². The van der Waals surface area contributed by atoms with Crippen LogP contribution in [-0.2, 0) is 14.8 Å². The average Bonchev–Trinajstić information content (AvgIpc) is 2.35. The van der Waals surface area contributed by atoms with Gasteiger partial charge in [-0.3, -0.25) is 0 Å². The number of hydrogen-bond acceptors (Lipinski definition) is 5. The molecule has 0 saturated carbocycles. The van der Waals surface area contributed by atoms with E-state index in [4.69, 9.17) is 5.73 Å². The Labute approximate surface area is 105 Å². The first-order chi connectivity index (χ1) is 8.47. The van der Waals surface area contributed by atoms with Crippen LogP contribution in [0.1, 0.15) is 0 Å². The molecule has 8 heteroatoms. The number of hydrogen-bond donors (Lipinski definition) is 3. The molecule has 18 heavy (non-hydrogen) atoms. The van der Waals surface area contributed by atoms with E-state index in [1.165, 1.54) is 13.1 Å². The molecule has 0 aliphatic rings. The zero-order valence-corrected chi connectivity index (χ0v) is 10.7. The number of primary amides is 1. The van der Waals surface area contributed by atoms with E-state index in [0.717, 1.165) is 0 Å². The van der Waals surface area contributed by atoms with Gasteiger partial charge in [-0.1, -0.05) is 12.1 Å². The first-order valence-corrected chi connectivity index (χ1v) is 6.64. The maximum Gasteiger partial charge on any atom is 0.404 e. The predicted octanol–water partition coefficient (Wildman–Crippen LogP) is 0.102. The summed E-state index contributed by atoms with van der Waals surface area (Å²) in [5.74, 6) is 0. The minimum absolute atomic E-state index is 0.0588. The molecule has 0 aliphatic heterocycles. The topological polar surface area (TPSA) is 111 Å². The van der Waals surface area contributed by atoms with Crippen molar-refractivity contribution in [3.63, 3.8) is 0 Å². The van der Waals surface area contributed by atoms with Gasteiger partial charge in [0, 0.05) is 6.54 Å². The lowest BCUT2D eigenvalue weighted by Crippen LogP contribution is -2.22. The molecule has 0 bridgehead atoms. The molecule has 1 rings (SSSR count). The number of rotatable bonds is 6. The molecule has 1 aromatic carbocycles. The van der Waals surface area contributed by atoms with Crippen molar-refractivity contribution in [3.05, 3.63) is 24.3 Å². The smallest absolute Gasteiger partial charge is 0.404 e. The van der Waals surface area contributed by atoms with Gasteiger partial charge < -0.3 is 15.8 Å². The van der Waals surface area contributed by atoms with Crippen LogP contribution in [0.4, 0.5) is 10.5 Å². The van der Waals surface area contributed by atoms with E-state index in [9.17, 15) is 13.2 Å². The van der Waals surface area contributed by atoms with Crippen LogP contribution < -0.4 is 15.8 Å². The summed E-state index contributed by atoms with van der Waals surface area (Å²) < 4.78 is 30.2. The third-order valence-corrected chi connectivity index (χ3v) is 3.58. The molecule has 4 N–H and O–H groups in total. The first kappa shape index (κ1) is 14.3. The van der Waals surface area contributed by atoms with Crippen LogP contribution in [0, 0.1) is 0 Å². The molecule has 1 amide bonds. The second kappa shape index (κ2) is 6.22. The van der Waals surface area contributed by atoms with E-state index in [2.05, 4.69) is 14.8 Å². The Morgan fingerprint density at radius 1 is 1.39 bits per heavy atom. The third-order valence-electron chi connectivity index (χ3n) is 2.11. The highest BCUT2D eigenvalue weighted by Gasteiger charge is 2.15. The summed E-state index contributed by atoms with van der Waals surface area (Å²) in [6.07, 6.45) is -0.868. The summed E-state index contributed by atoms with van der Waals surface area (Å²) in [7, 11) is -2.19.